The number of ether oxygens (including phenoxy) is 1. The van der Waals surface area contributed by atoms with Gasteiger partial charge in [0.1, 0.15) is 5.75 Å². The maximum absolute atomic E-state index is 7.29. The van der Waals surface area contributed by atoms with E-state index in [1.165, 1.54) is 64.0 Å². The summed E-state index contributed by atoms with van der Waals surface area (Å²) in [6, 6.07) is 88.5. The van der Waals surface area contributed by atoms with E-state index in [4.69, 9.17) is 4.74 Å². The molecule has 0 N–H and O–H groups in total. The molecule has 2 heterocycles. The Kier molecular flexibility index (Phi) is 8.37. The van der Waals surface area contributed by atoms with Crippen molar-refractivity contribution in [3.8, 4) is 22.6 Å². The number of para-hydroxylation sites is 3. The summed E-state index contributed by atoms with van der Waals surface area (Å²) < 4.78 is 9.73. The fraction of sp³-hybridized carbons (Fsp3) is 0.0159. The van der Waals surface area contributed by atoms with Crippen LogP contribution in [-0.2, 0) is 5.41 Å². The van der Waals surface area contributed by atoms with E-state index in [-0.39, 0.29) is 0 Å². The molecule has 3 nitrogen and oxygen atoms in total. The van der Waals surface area contributed by atoms with Gasteiger partial charge in [0.25, 0.3) is 0 Å². The molecule has 1 aliphatic carbocycles. The highest BCUT2D eigenvalue weighted by molar-refractivity contribution is 7.26. The summed E-state index contributed by atoms with van der Waals surface area (Å²) in [5.41, 5.74) is 13.3. The summed E-state index contributed by atoms with van der Waals surface area (Å²) in [6.45, 7) is 0. The number of hydrogen-bond acceptors (Lipinski definition) is 4. The Balaban J connectivity index is 1.02. The molecule has 12 aromatic rings. The van der Waals surface area contributed by atoms with Crippen molar-refractivity contribution in [1.82, 2.24) is 0 Å². The topological polar surface area (TPSA) is 15.7 Å². The highest BCUT2D eigenvalue weighted by atomic mass is 32.1. The monoisotopic (exact) mass is 872 g/mol. The quantitative estimate of drug-likeness (QED) is 0.166. The molecular formula is C63H40N2OS. The predicted molar refractivity (Wildman–Crippen MR) is 281 cm³/mol. The highest BCUT2D eigenvalue weighted by Crippen LogP contribution is 2.64. The number of fused-ring (bicyclic) bond motifs is 14. The van der Waals surface area contributed by atoms with Crippen LogP contribution in [0.4, 0.5) is 34.1 Å². The number of thiophene rings is 1. The van der Waals surface area contributed by atoms with Crippen molar-refractivity contribution in [2.24, 2.45) is 0 Å². The minimum atomic E-state index is -0.583. The second kappa shape index (κ2) is 14.8. The van der Waals surface area contributed by atoms with Crippen molar-refractivity contribution in [2.75, 3.05) is 9.80 Å². The first-order valence-corrected chi connectivity index (χ1v) is 23.7. The number of hydrogen-bond donors (Lipinski definition) is 0. The third kappa shape index (κ3) is 5.57. The smallest absolute Gasteiger partial charge is 0.156 e. The van der Waals surface area contributed by atoms with Gasteiger partial charge in [-0.25, -0.2) is 0 Å². The lowest BCUT2D eigenvalue weighted by atomic mass is 9.66. The van der Waals surface area contributed by atoms with Gasteiger partial charge >= 0.3 is 0 Å². The molecule has 1 aliphatic heterocycles. The largest absolute Gasteiger partial charge is 0.454 e. The van der Waals surface area contributed by atoms with Gasteiger partial charge in [-0.1, -0.05) is 176 Å². The Morgan fingerprint density at radius 3 is 1.60 bits per heavy atom. The van der Waals surface area contributed by atoms with Crippen LogP contribution >= 0.6 is 11.3 Å². The van der Waals surface area contributed by atoms with Gasteiger partial charge in [0, 0.05) is 43.7 Å². The van der Waals surface area contributed by atoms with Crippen LogP contribution in [0.25, 0.3) is 52.8 Å². The summed E-state index contributed by atoms with van der Waals surface area (Å²) in [5.74, 6) is 1.72. The first-order valence-electron chi connectivity index (χ1n) is 22.9. The van der Waals surface area contributed by atoms with Crippen LogP contribution in [-0.4, -0.2) is 0 Å². The summed E-state index contributed by atoms with van der Waals surface area (Å²) in [7, 11) is 0. The number of benzene rings is 11. The minimum absolute atomic E-state index is 0.583. The number of rotatable bonds is 6. The molecule has 4 heteroatoms. The summed E-state index contributed by atoms with van der Waals surface area (Å²) >= 11 is 1.85. The second-order valence-electron chi connectivity index (χ2n) is 17.6. The molecule has 1 aromatic heterocycles. The van der Waals surface area contributed by atoms with Crippen molar-refractivity contribution in [2.45, 2.75) is 5.41 Å². The molecule has 0 fully saturated rings. The van der Waals surface area contributed by atoms with Crippen molar-refractivity contribution in [3.05, 3.63) is 265 Å². The third-order valence-electron chi connectivity index (χ3n) is 14.1. The lowest BCUT2D eigenvalue weighted by Gasteiger charge is -2.41. The fourth-order valence-electron chi connectivity index (χ4n) is 11.3. The van der Waals surface area contributed by atoms with Crippen LogP contribution < -0.4 is 14.5 Å². The van der Waals surface area contributed by atoms with E-state index >= 15 is 0 Å². The molecule has 0 bridgehead atoms. The lowest BCUT2D eigenvalue weighted by molar-refractivity contribution is 0.437. The van der Waals surface area contributed by atoms with Gasteiger partial charge in [0.2, 0.25) is 0 Å². The average Bonchev–Trinajstić information content (AvgIpc) is 3.92. The number of anilines is 6. The predicted octanol–water partition coefficient (Wildman–Crippen LogP) is 17.8. The summed E-state index contributed by atoms with van der Waals surface area (Å²) in [6.07, 6.45) is 0. The van der Waals surface area contributed by atoms with E-state index in [0.29, 0.717) is 0 Å². The van der Waals surface area contributed by atoms with Gasteiger partial charge in [-0.15, -0.1) is 11.3 Å². The van der Waals surface area contributed by atoms with Gasteiger partial charge in [-0.2, -0.15) is 0 Å². The summed E-state index contributed by atoms with van der Waals surface area (Å²) in [5, 5.41) is 7.25. The molecule has 67 heavy (non-hydrogen) atoms. The Morgan fingerprint density at radius 1 is 0.358 bits per heavy atom. The van der Waals surface area contributed by atoms with E-state index < -0.39 is 5.41 Å². The molecule has 0 radical (unpaired) electrons. The van der Waals surface area contributed by atoms with Gasteiger partial charge in [-0.05, 0) is 111 Å². The van der Waals surface area contributed by atoms with Crippen LogP contribution in [0, 0.1) is 0 Å². The highest BCUT2D eigenvalue weighted by Gasteiger charge is 2.51. The van der Waals surface area contributed by atoms with E-state index in [0.717, 1.165) is 56.8 Å². The third-order valence-corrected chi connectivity index (χ3v) is 15.2. The number of nitrogens with zero attached hydrogens (tertiary/aromatic N) is 2. The maximum atomic E-state index is 7.29. The van der Waals surface area contributed by atoms with Crippen LogP contribution in [0.5, 0.6) is 11.5 Å². The van der Waals surface area contributed by atoms with E-state index in [2.05, 4.69) is 252 Å². The Hall–Kier alpha value is -8.44. The standard InChI is InChI=1S/C63H40N2OS/c1-2-21-45(22-3-1)65(56-31-15-29-54-61(56)66-58-33-13-12-28-53(58)63(54)51-26-10-8-23-48(51)49-24-9-11-27-52(49)63)55-30-16-34-59-60(55)50-25-14-32-57(62(50)67-59)64(46-37-35-41-17-4-6-19-43(41)39-46)47-38-36-42-18-5-7-20-44(42)40-47/h1-40H. The molecule has 0 amide bonds. The average molecular weight is 873 g/mol. The SMILES string of the molecule is c1ccc(N(c2cccc3c2Oc2ccccc2C32c3ccccc3-c3ccccc32)c2cccc3sc4c(N(c5ccc6ccccc6c5)c5ccc6ccccc6c5)cccc4c23)cc1. The van der Waals surface area contributed by atoms with Crippen molar-refractivity contribution < 1.29 is 4.74 Å². The van der Waals surface area contributed by atoms with E-state index in [1.54, 1.807) is 0 Å². The van der Waals surface area contributed by atoms with E-state index in [1.807, 2.05) is 11.3 Å². The molecule has 0 saturated heterocycles. The molecule has 14 rings (SSSR count). The zero-order valence-electron chi connectivity index (χ0n) is 36.3. The fourth-order valence-corrected chi connectivity index (χ4v) is 12.5. The van der Waals surface area contributed by atoms with Crippen molar-refractivity contribution in [3.63, 3.8) is 0 Å². The van der Waals surface area contributed by atoms with Crippen LogP contribution in [0.3, 0.4) is 0 Å². The molecule has 0 atom stereocenters. The first-order chi connectivity index (χ1) is 33.2. The zero-order chi connectivity index (χ0) is 44.1. The van der Waals surface area contributed by atoms with Crippen LogP contribution in [0.15, 0.2) is 243 Å². The first kappa shape index (κ1) is 37.9. The van der Waals surface area contributed by atoms with Crippen LogP contribution in [0.2, 0.25) is 0 Å². The molecule has 11 aromatic carbocycles. The van der Waals surface area contributed by atoms with Gasteiger partial charge in [0.15, 0.2) is 5.75 Å². The Labute approximate surface area is 392 Å². The zero-order valence-corrected chi connectivity index (χ0v) is 37.1. The second-order valence-corrected chi connectivity index (χ2v) is 18.6. The van der Waals surface area contributed by atoms with Crippen molar-refractivity contribution >= 4 is 87.2 Å². The molecule has 1 spiro atoms. The molecule has 2 aliphatic rings. The normalized spacial score (nSPS) is 13.0. The molecule has 314 valence electrons. The lowest BCUT2D eigenvalue weighted by Crippen LogP contribution is -2.32. The Bertz CT molecular complexity index is 3820. The van der Waals surface area contributed by atoms with Crippen LogP contribution in [0.1, 0.15) is 22.3 Å². The maximum Gasteiger partial charge on any atom is 0.156 e. The van der Waals surface area contributed by atoms with Crippen molar-refractivity contribution in [1.29, 1.82) is 0 Å². The Morgan fingerprint density at radius 2 is 0.896 bits per heavy atom. The van der Waals surface area contributed by atoms with E-state index in [9.17, 15) is 0 Å². The molecule has 0 saturated carbocycles. The van der Waals surface area contributed by atoms with Gasteiger partial charge in [-0.3, -0.25) is 0 Å². The van der Waals surface area contributed by atoms with Gasteiger partial charge < -0.3 is 14.5 Å². The minimum Gasteiger partial charge on any atom is -0.454 e. The molecular weight excluding hydrogens is 833 g/mol. The van der Waals surface area contributed by atoms with Gasteiger partial charge in [0.05, 0.1) is 27.2 Å². The summed E-state index contributed by atoms with van der Waals surface area (Å²) in [4.78, 5) is 4.87. The molecule has 0 unspecified atom stereocenters.